The molecule has 6 nitrogen and oxygen atoms in total. The molecule has 0 aliphatic rings. The first kappa shape index (κ1) is 22.7. The number of carbonyl (C=O) groups excluding carboxylic acids is 1. The van der Waals surface area contributed by atoms with Crippen LogP contribution < -0.4 is 25.3 Å². The summed E-state index contributed by atoms with van der Waals surface area (Å²) in [4.78, 5) is 12.1. The van der Waals surface area contributed by atoms with Crippen molar-refractivity contribution in [2.45, 2.75) is 12.8 Å². The standard InChI is InChI=1S/C26H28N2O4/c1-30-23-16-20(17-24(31-2)26(23)32-3)13-12-18-8-10-19(11-9-18)14-15-25(29)28-22-7-5-4-6-21(22)27/h4-11,14-17H,12-13,27H2,1-3H3,(H,28,29)/b15-14-. The van der Waals surface area contributed by atoms with Crippen molar-refractivity contribution in [3.8, 4) is 17.2 Å². The fourth-order valence-electron chi connectivity index (χ4n) is 3.32. The summed E-state index contributed by atoms with van der Waals surface area (Å²) < 4.78 is 16.2. The Morgan fingerprint density at radius 2 is 1.50 bits per heavy atom. The van der Waals surface area contributed by atoms with Gasteiger partial charge in [-0.2, -0.15) is 0 Å². The van der Waals surface area contributed by atoms with Crippen molar-refractivity contribution in [2.24, 2.45) is 0 Å². The SMILES string of the molecule is COc1cc(CCc2ccc(/C=C\C(=O)Nc3ccccc3N)cc2)cc(OC)c1OC. The number of carbonyl (C=O) groups is 1. The molecule has 3 rings (SSSR count). The van der Waals surface area contributed by atoms with Gasteiger partial charge in [-0.25, -0.2) is 0 Å². The fraction of sp³-hybridized carbons (Fsp3) is 0.192. The lowest BCUT2D eigenvalue weighted by Gasteiger charge is -2.14. The zero-order chi connectivity index (χ0) is 22.9. The van der Waals surface area contributed by atoms with E-state index in [1.807, 2.05) is 36.4 Å². The van der Waals surface area contributed by atoms with E-state index in [-0.39, 0.29) is 5.91 Å². The number of hydrogen-bond acceptors (Lipinski definition) is 5. The van der Waals surface area contributed by atoms with E-state index < -0.39 is 0 Å². The van der Waals surface area contributed by atoms with Gasteiger partial charge in [0.1, 0.15) is 0 Å². The highest BCUT2D eigenvalue weighted by atomic mass is 16.5. The van der Waals surface area contributed by atoms with Crippen LogP contribution in [0.2, 0.25) is 0 Å². The van der Waals surface area contributed by atoms with E-state index in [9.17, 15) is 4.79 Å². The average Bonchev–Trinajstić information content (AvgIpc) is 2.82. The molecule has 3 N–H and O–H groups in total. The number of methoxy groups -OCH3 is 3. The maximum absolute atomic E-state index is 12.1. The zero-order valence-corrected chi connectivity index (χ0v) is 18.6. The number of benzene rings is 3. The van der Waals surface area contributed by atoms with Gasteiger partial charge in [0.15, 0.2) is 11.5 Å². The number of ether oxygens (including phenoxy) is 3. The van der Waals surface area contributed by atoms with Crippen LogP contribution in [0.3, 0.4) is 0 Å². The quantitative estimate of drug-likeness (QED) is 0.377. The number of anilines is 2. The van der Waals surface area contributed by atoms with Gasteiger partial charge in [-0.05, 0) is 59.9 Å². The van der Waals surface area contributed by atoms with Gasteiger partial charge >= 0.3 is 0 Å². The Balaban J connectivity index is 1.60. The Hall–Kier alpha value is -3.93. The molecule has 0 spiro atoms. The maximum Gasteiger partial charge on any atom is 0.248 e. The largest absolute Gasteiger partial charge is 0.493 e. The molecule has 0 fully saturated rings. The van der Waals surface area contributed by atoms with Crippen LogP contribution in [-0.4, -0.2) is 27.2 Å². The van der Waals surface area contributed by atoms with E-state index in [2.05, 4.69) is 17.4 Å². The van der Waals surface area contributed by atoms with Crippen LogP contribution in [0.5, 0.6) is 17.2 Å². The van der Waals surface area contributed by atoms with Crippen molar-refractivity contribution in [3.63, 3.8) is 0 Å². The van der Waals surface area contributed by atoms with E-state index in [1.54, 1.807) is 39.5 Å². The van der Waals surface area contributed by atoms with Gasteiger partial charge in [-0.3, -0.25) is 4.79 Å². The summed E-state index contributed by atoms with van der Waals surface area (Å²) in [5.74, 6) is 1.67. The van der Waals surface area contributed by atoms with Gasteiger partial charge in [0.2, 0.25) is 11.7 Å². The number of hydrogen-bond donors (Lipinski definition) is 2. The number of nitrogens with one attached hydrogen (secondary N) is 1. The van der Waals surface area contributed by atoms with Gasteiger partial charge in [0.25, 0.3) is 0 Å². The molecule has 0 bridgehead atoms. The van der Waals surface area contributed by atoms with Gasteiger partial charge in [-0.15, -0.1) is 0 Å². The summed E-state index contributed by atoms with van der Waals surface area (Å²) in [6.07, 6.45) is 4.96. The van der Waals surface area contributed by atoms with Crippen molar-refractivity contribution in [1.29, 1.82) is 0 Å². The molecule has 0 aliphatic carbocycles. The maximum atomic E-state index is 12.1. The predicted octanol–water partition coefficient (Wildman–Crippen LogP) is 4.73. The van der Waals surface area contributed by atoms with Crippen molar-refractivity contribution in [3.05, 3.63) is 83.4 Å². The van der Waals surface area contributed by atoms with Crippen LogP contribution in [0.25, 0.3) is 6.08 Å². The van der Waals surface area contributed by atoms with Gasteiger partial charge in [0, 0.05) is 6.08 Å². The van der Waals surface area contributed by atoms with E-state index in [1.165, 1.54) is 11.6 Å². The Kier molecular flexibility index (Phi) is 7.75. The summed E-state index contributed by atoms with van der Waals surface area (Å²) in [6, 6.07) is 19.2. The molecule has 0 atom stereocenters. The number of aryl methyl sites for hydroxylation is 2. The van der Waals surface area contributed by atoms with Crippen molar-refractivity contribution in [2.75, 3.05) is 32.4 Å². The molecule has 0 saturated heterocycles. The monoisotopic (exact) mass is 432 g/mol. The second-order valence-electron chi connectivity index (χ2n) is 7.19. The Labute approximate surface area is 188 Å². The number of para-hydroxylation sites is 2. The lowest BCUT2D eigenvalue weighted by atomic mass is 10.0. The van der Waals surface area contributed by atoms with Gasteiger partial charge in [0.05, 0.1) is 32.7 Å². The van der Waals surface area contributed by atoms with Gasteiger partial charge in [-0.1, -0.05) is 36.4 Å². The number of nitrogen functional groups attached to an aromatic ring is 1. The van der Waals surface area contributed by atoms with E-state index >= 15 is 0 Å². The molecule has 32 heavy (non-hydrogen) atoms. The molecule has 0 radical (unpaired) electrons. The zero-order valence-electron chi connectivity index (χ0n) is 18.6. The van der Waals surface area contributed by atoms with Crippen LogP contribution in [0.1, 0.15) is 16.7 Å². The number of nitrogens with two attached hydrogens (primary N) is 1. The third kappa shape index (κ3) is 5.82. The molecule has 166 valence electrons. The predicted molar refractivity (Wildman–Crippen MR) is 128 cm³/mol. The molecular formula is C26H28N2O4. The molecule has 3 aromatic rings. The lowest BCUT2D eigenvalue weighted by molar-refractivity contribution is -0.111. The van der Waals surface area contributed by atoms with E-state index in [0.717, 1.165) is 24.0 Å². The molecule has 0 heterocycles. The first-order chi connectivity index (χ1) is 15.5. The first-order valence-electron chi connectivity index (χ1n) is 10.3. The normalized spacial score (nSPS) is 10.7. The third-order valence-corrected chi connectivity index (χ3v) is 5.05. The van der Waals surface area contributed by atoms with Crippen molar-refractivity contribution < 1.29 is 19.0 Å². The fourth-order valence-corrected chi connectivity index (χ4v) is 3.32. The third-order valence-electron chi connectivity index (χ3n) is 5.05. The molecule has 0 aromatic heterocycles. The van der Waals surface area contributed by atoms with Crippen LogP contribution in [0.4, 0.5) is 11.4 Å². The minimum Gasteiger partial charge on any atom is -0.493 e. The Bertz CT molecular complexity index is 1070. The summed E-state index contributed by atoms with van der Waals surface area (Å²) in [5, 5.41) is 2.78. The van der Waals surface area contributed by atoms with Crippen LogP contribution in [-0.2, 0) is 17.6 Å². The molecule has 6 heteroatoms. The van der Waals surface area contributed by atoms with E-state index in [4.69, 9.17) is 19.9 Å². The van der Waals surface area contributed by atoms with Crippen molar-refractivity contribution >= 4 is 23.4 Å². The molecule has 0 unspecified atom stereocenters. The van der Waals surface area contributed by atoms with Crippen LogP contribution >= 0.6 is 0 Å². The lowest BCUT2D eigenvalue weighted by Crippen LogP contribution is -2.09. The average molecular weight is 433 g/mol. The van der Waals surface area contributed by atoms with Crippen molar-refractivity contribution in [1.82, 2.24) is 0 Å². The van der Waals surface area contributed by atoms with Gasteiger partial charge < -0.3 is 25.3 Å². The second-order valence-corrected chi connectivity index (χ2v) is 7.19. The molecule has 1 amide bonds. The topological polar surface area (TPSA) is 82.8 Å². The molecular weight excluding hydrogens is 404 g/mol. The number of amides is 1. The van der Waals surface area contributed by atoms with Crippen LogP contribution in [0, 0.1) is 0 Å². The first-order valence-corrected chi connectivity index (χ1v) is 10.3. The summed E-state index contributed by atoms with van der Waals surface area (Å²) in [7, 11) is 4.82. The van der Waals surface area contributed by atoms with Crippen LogP contribution in [0.15, 0.2) is 66.7 Å². The highest BCUT2D eigenvalue weighted by Crippen LogP contribution is 2.38. The molecule has 3 aromatic carbocycles. The smallest absolute Gasteiger partial charge is 0.248 e. The minimum atomic E-state index is -0.227. The molecule has 0 aliphatic heterocycles. The number of rotatable bonds is 9. The Morgan fingerprint density at radius 1 is 0.875 bits per heavy atom. The Morgan fingerprint density at radius 3 is 2.09 bits per heavy atom. The highest BCUT2D eigenvalue weighted by molar-refractivity contribution is 6.03. The minimum absolute atomic E-state index is 0.227. The summed E-state index contributed by atoms with van der Waals surface area (Å²) >= 11 is 0. The second kappa shape index (κ2) is 10.9. The molecule has 0 saturated carbocycles. The summed E-state index contributed by atoms with van der Waals surface area (Å²) in [5.41, 5.74) is 10.2. The highest BCUT2D eigenvalue weighted by Gasteiger charge is 2.13. The van der Waals surface area contributed by atoms with E-state index in [0.29, 0.717) is 28.6 Å². The summed E-state index contributed by atoms with van der Waals surface area (Å²) in [6.45, 7) is 0.